The second kappa shape index (κ2) is 5.06. The van der Waals surface area contributed by atoms with Gasteiger partial charge >= 0.3 is 5.97 Å². The average Bonchev–Trinajstić information content (AvgIpc) is 2.28. The highest BCUT2D eigenvalue weighted by atomic mass is 16.6. The van der Waals surface area contributed by atoms with Crippen LogP contribution < -0.4 is 5.32 Å². The van der Waals surface area contributed by atoms with E-state index in [-0.39, 0.29) is 11.3 Å². The van der Waals surface area contributed by atoms with E-state index in [1.54, 1.807) is 0 Å². The smallest absolute Gasteiger partial charge is 0.325 e. The van der Waals surface area contributed by atoms with Crippen LogP contribution >= 0.6 is 0 Å². The minimum Gasteiger partial charge on any atom is -0.480 e. The second-order valence-electron chi connectivity index (χ2n) is 3.34. The first-order valence-electron chi connectivity index (χ1n) is 4.70. The van der Waals surface area contributed by atoms with Crippen molar-refractivity contribution in [3.63, 3.8) is 0 Å². The Hall–Kier alpha value is -2.44. The molecule has 0 radical (unpaired) electrons. The van der Waals surface area contributed by atoms with Gasteiger partial charge in [0.05, 0.1) is 4.92 Å². The number of nitro groups is 1. The number of carbonyl (C=O) groups excluding carboxylic acids is 1. The lowest BCUT2D eigenvalue weighted by atomic mass is 10.2. The maximum Gasteiger partial charge on any atom is 0.325 e. The van der Waals surface area contributed by atoms with Crippen molar-refractivity contribution < 1.29 is 19.6 Å². The summed E-state index contributed by atoms with van der Waals surface area (Å²) in [6.45, 7) is 1.30. The van der Waals surface area contributed by atoms with Gasteiger partial charge in [-0.05, 0) is 13.0 Å². The molecule has 17 heavy (non-hydrogen) atoms. The van der Waals surface area contributed by atoms with E-state index in [9.17, 15) is 19.7 Å². The van der Waals surface area contributed by atoms with Crippen molar-refractivity contribution in [1.82, 2.24) is 5.32 Å². The fourth-order valence-corrected chi connectivity index (χ4v) is 1.10. The van der Waals surface area contributed by atoms with Crippen LogP contribution in [0.5, 0.6) is 0 Å². The molecular formula is C10H10N2O5. The molecule has 1 aromatic rings. The molecule has 0 aliphatic rings. The van der Waals surface area contributed by atoms with Gasteiger partial charge < -0.3 is 10.4 Å². The number of rotatable bonds is 4. The number of hydrogen-bond acceptors (Lipinski definition) is 4. The molecule has 0 fully saturated rings. The van der Waals surface area contributed by atoms with Crippen molar-refractivity contribution in [2.24, 2.45) is 0 Å². The first-order chi connectivity index (χ1) is 7.91. The van der Waals surface area contributed by atoms with Crippen molar-refractivity contribution in [2.75, 3.05) is 0 Å². The summed E-state index contributed by atoms with van der Waals surface area (Å²) >= 11 is 0. The molecule has 0 unspecified atom stereocenters. The summed E-state index contributed by atoms with van der Waals surface area (Å²) in [7, 11) is 0. The van der Waals surface area contributed by atoms with Gasteiger partial charge in [0.25, 0.3) is 11.6 Å². The monoisotopic (exact) mass is 238 g/mol. The zero-order valence-corrected chi connectivity index (χ0v) is 8.91. The molecule has 1 amide bonds. The highest BCUT2D eigenvalue weighted by Crippen LogP contribution is 2.12. The van der Waals surface area contributed by atoms with Gasteiger partial charge in [-0.15, -0.1) is 0 Å². The molecule has 0 heterocycles. The number of non-ortho nitro benzene ring substituents is 1. The van der Waals surface area contributed by atoms with E-state index in [1.165, 1.54) is 25.1 Å². The number of benzene rings is 1. The number of carboxylic acids is 1. The van der Waals surface area contributed by atoms with Crippen LogP contribution in [0.1, 0.15) is 17.3 Å². The van der Waals surface area contributed by atoms with Crippen LogP contribution in [0.4, 0.5) is 5.69 Å². The second-order valence-corrected chi connectivity index (χ2v) is 3.34. The van der Waals surface area contributed by atoms with Crippen molar-refractivity contribution in [2.45, 2.75) is 13.0 Å². The summed E-state index contributed by atoms with van der Waals surface area (Å²) < 4.78 is 0. The summed E-state index contributed by atoms with van der Waals surface area (Å²) in [5, 5.41) is 21.3. The topological polar surface area (TPSA) is 110 Å². The zero-order valence-electron chi connectivity index (χ0n) is 8.91. The summed E-state index contributed by atoms with van der Waals surface area (Å²) in [6.07, 6.45) is 0. The molecule has 0 bridgehead atoms. The van der Waals surface area contributed by atoms with E-state index < -0.39 is 22.8 Å². The third-order valence-electron chi connectivity index (χ3n) is 2.04. The molecule has 0 aromatic heterocycles. The fraction of sp³-hybridized carbons (Fsp3) is 0.200. The first kappa shape index (κ1) is 12.6. The molecule has 2 N–H and O–H groups in total. The molecule has 0 saturated heterocycles. The lowest BCUT2D eigenvalue weighted by molar-refractivity contribution is -0.384. The van der Waals surface area contributed by atoms with Crippen LogP contribution in [0.25, 0.3) is 0 Å². The summed E-state index contributed by atoms with van der Waals surface area (Å²) in [5.41, 5.74) is -0.173. The molecule has 7 heteroatoms. The Morgan fingerprint density at radius 1 is 1.47 bits per heavy atom. The Balaban J connectivity index is 2.86. The molecule has 1 rings (SSSR count). The molecule has 0 aliphatic carbocycles. The van der Waals surface area contributed by atoms with Crippen LogP contribution in [0.15, 0.2) is 24.3 Å². The van der Waals surface area contributed by atoms with Gasteiger partial charge in [0.2, 0.25) is 0 Å². The number of aliphatic carboxylic acids is 1. The fourth-order valence-electron chi connectivity index (χ4n) is 1.10. The van der Waals surface area contributed by atoms with Gasteiger partial charge in [-0.25, -0.2) is 0 Å². The van der Waals surface area contributed by atoms with Crippen molar-refractivity contribution in [3.05, 3.63) is 39.9 Å². The minimum absolute atomic E-state index is 0.0484. The molecule has 0 saturated carbocycles. The Morgan fingerprint density at radius 3 is 2.65 bits per heavy atom. The lowest BCUT2D eigenvalue weighted by Gasteiger charge is -2.08. The van der Waals surface area contributed by atoms with Crippen LogP contribution in [0, 0.1) is 10.1 Å². The maximum atomic E-state index is 11.5. The number of amides is 1. The standard InChI is InChI=1S/C10H10N2O5/c1-6(10(14)15)11-9(13)7-3-2-4-8(5-7)12(16)17/h2-6H,1H3,(H,11,13)(H,14,15)/t6-/m0/s1. The third-order valence-corrected chi connectivity index (χ3v) is 2.04. The van der Waals surface area contributed by atoms with Crippen molar-refractivity contribution in [3.8, 4) is 0 Å². The number of carboxylic acid groups (broad SMARTS) is 1. The number of nitrogens with one attached hydrogen (secondary N) is 1. The minimum atomic E-state index is -1.18. The Kier molecular flexibility index (Phi) is 3.76. The number of nitrogens with zero attached hydrogens (tertiary/aromatic N) is 1. The van der Waals surface area contributed by atoms with Crippen LogP contribution in [-0.2, 0) is 4.79 Å². The van der Waals surface area contributed by atoms with Crippen molar-refractivity contribution in [1.29, 1.82) is 0 Å². The zero-order chi connectivity index (χ0) is 13.0. The summed E-state index contributed by atoms with van der Waals surface area (Å²) in [5.74, 6) is -1.84. The van der Waals surface area contributed by atoms with Gasteiger partial charge in [0.15, 0.2) is 0 Å². The molecule has 0 aliphatic heterocycles. The Bertz CT molecular complexity index is 472. The molecule has 1 atom stereocenters. The van der Waals surface area contributed by atoms with Gasteiger partial charge in [-0.2, -0.15) is 0 Å². The van der Waals surface area contributed by atoms with Gasteiger partial charge in [-0.3, -0.25) is 19.7 Å². The van der Waals surface area contributed by atoms with Crippen LogP contribution in [0.2, 0.25) is 0 Å². The molecule has 0 spiro atoms. The van der Waals surface area contributed by atoms with E-state index >= 15 is 0 Å². The van der Waals surface area contributed by atoms with Gasteiger partial charge in [-0.1, -0.05) is 6.07 Å². The van der Waals surface area contributed by atoms with E-state index in [0.29, 0.717) is 0 Å². The predicted octanol–water partition coefficient (Wildman–Crippen LogP) is 0.798. The molecular weight excluding hydrogens is 228 g/mol. The summed E-state index contributed by atoms with van der Waals surface area (Å²) in [6, 6.07) is 4.01. The molecule has 7 nitrogen and oxygen atoms in total. The van der Waals surface area contributed by atoms with E-state index in [0.717, 1.165) is 6.07 Å². The van der Waals surface area contributed by atoms with Gasteiger partial charge in [0, 0.05) is 17.7 Å². The number of nitro benzene ring substituents is 1. The lowest BCUT2D eigenvalue weighted by Crippen LogP contribution is -2.38. The molecule has 1 aromatic carbocycles. The first-order valence-corrected chi connectivity index (χ1v) is 4.70. The SMILES string of the molecule is C[C@H](NC(=O)c1cccc([N+](=O)[O-])c1)C(=O)O. The number of carbonyl (C=O) groups is 2. The number of hydrogen-bond donors (Lipinski definition) is 2. The third kappa shape index (κ3) is 3.26. The Morgan fingerprint density at radius 2 is 2.12 bits per heavy atom. The normalized spacial score (nSPS) is 11.6. The van der Waals surface area contributed by atoms with Crippen LogP contribution in [-0.4, -0.2) is 27.9 Å². The highest BCUT2D eigenvalue weighted by Gasteiger charge is 2.16. The average molecular weight is 238 g/mol. The molecule has 90 valence electrons. The van der Waals surface area contributed by atoms with Gasteiger partial charge in [0.1, 0.15) is 6.04 Å². The van der Waals surface area contributed by atoms with E-state index in [2.05, 4.69) is 5.32 Å². The maximum absolute atomic E-state index is 11.5. The Labute approximate surface area is 96.2 Å². The summed E-state index contributed by atoms with van der Waals surface area (Å²) in [4.78, 5) is 31.9. The van der Waals surface area contributed by atoms with Crippen LogP contribution in [0.3, 0.4) is 0 Å². The van der Waals surface area contributed by atoms with Crippen molar-refractivity contribution >= 4 is 17.6 Å². The van der Waals surface area contributed by atoms with E-state index in [1.807, 2.05) is 0 Å². The highest BCUT2D eigenvalue weighted by molar-refractivity contribution is 5.96. The predicted molar refractivity (Wildman–Crippen MR) is 57.7 cm³/mol. The van der Waals surface area contributed by atoms with E-state index in [4.69, 9.17) is 5.11 Å². The quantitative estimate of drug-likeness (QED) is 0.595. The largest absolute Gasteiger partial charge is 0.480 e.